The third kappa shape index (κ3) is 2.98. The number of rotatable bonds is 4. The topological polar surface area (TPSA) is 52.1 Å². The fraction of sp³-hybridized carbons (Fsp3) is 0.308. The summed E-state index contributed by atoms with van der Waals surface area (Å²) in [7, 11) is 1.41. The van der Waals surface area contributed by atoms with Crippen LogP contribution >= 0.6 is 11.8 Å². The second-order valence-corrected chi connectivity index (χ2v) is 5.41. The van der Waals surface area contributed by atoms with Crippen LogP contribution < -0.4 is 0 Å². The van der Waals surface area contributed by atoms with Crippen molar-refractivity contribution < 1.29 is 9.53 Å². The molecule has 1 atom stereocenters. The number of ether oxygens (including phenoxy) is 1. The smallest absolute Gasteiger partial charge is 0.306 e. The predicted octanol–water partition coefficient (Wildman–Crippen LogP) is 2.67. The van der Waals surface area contributed by atoms with Gasteiger partial charge >= 0.3 is 5.97 Å². The molecule has 94 valence electrons. The van der Waals surface area contributed by atoms with E-state index in [2.05, 4.69) is 14.9 Å². The SMILES string of the molecule is COC(=O)CC(C)Sc1cnnc2ccccc12. The molecular weight excluding hydrogens is 248 g/mol. The Hall–Kier alpha value is -1.62. The average molecular weight is 262 g/mol. The molecule has 2 rings (SSSR count). The molecule has 5 heteroatoms. The third-order valence-corrected chi connectivity index (χ3v) is 3.67. The monoisotopic (exact) mass is 262 g/mol. The van der Waals surface area contributed by atoms with Gasteiger partial charge in [0.1, 0.15) is 0 Å². The molecule has 1 aromatic heterocycles. The molecule has 0 aliphatic carbocycles. The molecule has 0 saturated carbocycles. The van der Waals surface area contributed by atoms with Gasteiger partial charge < -0.3 is 4.74 Å². The molecule has 1 aromatic carbocycles. The van der Waals surface area contributed by atoms with Crippen molar-refractivity contribution in [3.63, 3.8) is 0 Å². The Labute approximate surface area is 110 Å². The van der Waals surface area contributed by atoms with Crippen LogP contribution in [-0.2, 0) is 9.53 Å². The molecule has 1 unspecified atom stereocenters. The number of thioether (sulfide) groups is 1. The van der Waals surface area contributed by atoms with Crippen LogP contribution in [0.2, 0.25) is 0 Å². The fourth-order valence-corrected chi connectivity index (χ4v) is 2.71. The summed E-state index contributed by atoms with van der Waals surface area (Å²) >= 11 is 1.61. The molecule has 0 fully saturated rings. The number of hydrogen-bond donors (Lipinski definition) is 0. The predicted molar refractivity (Wildman–Crippen MR) is 71.5 cm³/mol. The summed E-state index contributed by atoms with van der Waals surface area (Å²) in [5.74, 6) is -0.193. The minimum Gasteiger partial charge on any atom is -0.469 e. The number of esters is 1. The van der Waals surface area contributed by atoms with E-state index in [4.69, 9.17) is 0 Å². The highest BCUT2D eigenvalue weighted by Crippen LogP contribution is 2.30. The molecule has 1 heterocycles. The van der Waals surface area contributed by atoms with E-state index in [1.165, 1.54) is 7.11 Å². The van der Waals surface area contributed by atoms with E-state index in [0.29, 0.717) is 6.42 Å². The lowest BCUT2D eigenvalue weighted by atomic mass is 10.2. The van der Waals surface area contributed by atoms with Gasteiger partial charge in [0, 0.05) is 15.5 Å². The largest absolute Gasteiger partial charge is 0.469 e. The van der Waals surface area contributed by atoms with Crippen LogP contribution in [0, 0.1) is 0 Å². The van der Waals surface area contributed by atoms with E-state index in [9.17, 15) is 4.79 Å². The number of benzene rings is 1. The number of nitrogens with zero attached hydrogens (tertiary/aromatic N) is 2. The van der Waals surface area contributed by atoms with Crippen LogP contribution in [0.4, 0.5) is 0 Å². The summed E-state index contributed by atoms with van der Waals surface area (Å²) < 4.78 is 4.67. The van der Waals surface area contributed by atoms with E-state index in [1.54, 1.807) is 18.0 Å². The summed E-state index contributed by atoms with van der Waals surface area (Å²) in [5, 5.41) is 9.26. The van der Waals surface area contributed by atoms with E-state index in [1.807, 2.05) is 31.2 Å². The van der Waals surface area contributed by atoms with Crippen molar-refractivity contribution in [3.8, 4) is 0 Å². The van der Waals surface area contributed by atoms with Gasteiger partial charge in [-0.3, -0.25) is 4.79 Å². The Kier molecular flexibility index (Phi) is 4.15. The zero-order valence-electron chi connectivity index (χ0n) is 10.3. The van der Waals surface area contributed by atoms with Crippen LogP contribution in [0.5, 0.6) is 0 Å². The van der Waals surface area contributed by atoms with E-state index >= 15 is 0 Å². The third-order valence-electron chi connectivity index (χ3n) is 2.52. The molecule has 0 N–H and O–H groups in total. The van der Waals surface area contributed by atoms with Crippen molar-refractivity contribution in [2.45, 2.75) is 23.5 Å². The number of hydrogen-bond acceptors (Lipinski definition) is 5. The highest BCUT2D eigenvalue weighted by atomic mass is 32.2. The quantitative estimate of drug-likeness (QED) is 0.626. The highest BCUT2D eigenvalue weighted by Gasteiger charge is 2.12. The first kappa shape index (κ1) is 12.8. The maximum Gasteiger partial charge on any atom is 0.306 e. The standard InChI is InChI=1S/C13H14N2O2S/c1-9(7-13(16)17-2)18-12-8-14-15-11-6-4-3-5-10(11)12/h3-6,8-9H,7H2,1-2H3. The van der Waals surface area contributed by atoms with Crippen LogP contribution in [0.15, 0.2) is 35.4 Å². The fourth-order valence-electron chi connectivity index (χ4n) is 1.65. The van der Waals surface area contributed by atoms with Crippen molar-refractivity contribution in [1.82, 2.24) is 10.2 Å². The maximum atomic E-state index is 11.2. The van der Waals surface area contributed by atoms with E-state index in [0.717, 1.165) is 15.8 Å². The summed E-state index contributed by atoms with van der Waals surface area (Å²) in [5.41, 5.74) is 0.868. The highest BCUT2D eigenvalue weighted by molar-refractivity contribution is 8.00. The van der Waals surface area contributed by atoms with Crippen LogP contribution in [0.1, 0.15) is 13.3 Å². The van der Waals surface area contributed by atoms with Gasteiger partial charge in [0.2, 0.25) is 0 Å². The first-order valence-electron chi connectivity index (χ1n) is 5.64. The molecule has 18 heavy (non-hydrogen) atoms. The van der Waals surface area contributed by atoms with Crippen molar-refractivity contribution in [2.75, 3.05) is 7.11 Å². The lowest BCUT2D eigenvalue weighted by Gasteiger charge is -2.10. The zero-order chi connectivity index (χ0) is 13.0. The molecular formula is C13H14N2O2S. The van der Waals surface area contributed by atoms with Crippen LogP contribution in [0.3, 0.4) is 0 Å². The summed E-state index contributed by atoms with van der Waals surface area (Å²) in [6.45, 7) is 2.00. The molecule has 4 nitrogen and oxygen atoms in total. The lowest BCUT2D eigenvalue weighted by Crippen LogP contribution is -2.08. The molecule has 0 aliphatic heterocycles. The summed E-state index contributed by atoms with van der Waals surface area (Å²) in [6.07, 6.45) is 2.12. The number of methoxy groups -OCH3 is 1. The first-order chi connectivity index (χ1) is 8.70. The van der Waals surface area contributed by atoms with Gasteiger partial charge in [-0.1, -0.05) is 25.1 Å². The van der Waals surface area contributed by atoms with Gasteiger partial charge in [-0.2, -0.15) is 10.2 Å². The second kappa shape index (κ2) is 5.82. The number of carbonyl (C=O) groups excluding carboxylic acids is 1. The van der Waals surface area contributed by atoms with Gasteiger partial charge in [-0.25, -0.2) is 0 Å². The Morgan fingerprint density at radius 2 is 2.22 bits per heavy atom. The van der Waals surface area contributed by atoms with Crippen molar-refractivity contribution in [1.29, 1.82) is 0 Å². The van der Waals surface area contributed by atoms with Gasteiger partial charge in [0.05, 0.1) is 25.2 Å². The van der Waals surface area contributed by atoms with Gasteiger partial charge in [0.25, 0.3) is 0 Å². The van der Waals surface area contributed by atoms with E-state index in [-0.39, 0.29) is 11.2 Å². The average Bonchev–Trinajstić information content (AvgIpc) is 2.39. The molecule has 0 aliphatic rings. The Balaban J connectivity index is 2.19. The molecule has 0 radical (unpaired) electrons. The van der Waals surface area contributed by atoms with Gasteiger partial charge in [-0.15, -0.1) is 11.8 Å². The molecule has 2 aromatic rings. The van der Waals surface area contributed by atoms with E-state index < -0.39 is 0 Å². The minimum absolute atomic E-state index is 0.144. The van der Waals surface area contributed by atoms with Gasteiger partial charge in [-0.05, 0) is 6.07 Å². The first-order valence-corrected chi connectivity index (χ1v) is 6.52. The summed E-state index contributed by atoms with van der Waals surface area (Å²) in [4.78, 5) is 12.3. The van der Waals surface area contributed by atoms with Crippen molar-refractivity contribution >= 4 is 28.6 Å². The Morgan fingerprint density at radius 3 is 3.00 bits per heavy atom. The molecule has 0 bridgehead atoms. The Morgan fingerprint density at radius 1 is 1.44 bits per heavy atom. The number of carbonyl (C=O) groups is 1. The Bertz CT molecular complexity index is 554. The molecule has 0 amide bonds. The molecule has 0 spiro atoms. The lowest BCUT2D eigenvalue weighted by molar-refractivity contribution is -0.140. The zero-order valence-corrected chi connectivity index (χ0v) is 11.1. The second-order valence-electron chi connectivity index (χ2n) is 3.93. The van der Waals surface area contributed by atoms with Crippen molar-refractivity contribution in [2.24, 2.45) is 0 Å². The van der Waals surface area contributed by atoms with Crippen LogP contribution in [0.25, 0.3) is 10.9 Å². The number of aromatic nitrogens is 2. The van der Waals surface area contributed by atoms with Crippen LogP contribution in [-0.4, -0.2) is 28.5 Å². The maximum absolute atomic E-state index is 11.2. The minimum atomic E-state index is -0.193. The summed E-state index contributed by atoms with van der Waals surface area (Å²) in [6, 6.07) is 7.84. The van der Waals surface area contributed by atoms with Gasteiger partial charge in [0.15, 0.2) is 0 Å². The van der Waals surface area contributed by atoms with Crippen molar-refractivity contribution in [3.05, 3.63) is 30.5 Å². The molecule has 0 saturated heterocycles. The number of fused-ring (bicyclic) bond motifs is 1. The normalized spacial score (nSPS) is 12.3.